The number of hydrogen-bond acceptors (Lipinski definition) is 6. The van der Waals surface area contributed by atoms with Crippen LogP contribution in [0.25, 0.3) is 0 Å². The minimum absolute atomic E-state index is 0.717. The highest BCUT2D eigenvalue weighted by Crippen LogP contribution is 2.26. The smallest absolute Gasteiger partial charge is 0.206 e. The maximum atomic E-state index is 5.68. The molecule has 4 nitrogen and oxygen atoms in total. The molecule has 0 saturated carbocycles. The first-order valence-electron chi connectivity index (χ1n) is 7.82. The molecule has 0 saturated heterocycles. The zero-order valence-corrected chi connectivity index (χ0v) is 14.9. The quantitative estimate of drug-likeness (QED) is 0.444. The standard InChI is InChI=1S/C18H19N3OS2/c1-3-8-15(9-4-1)14-19-17-20-21-18(24-17)23-13-7-12-22-16-10-5-2-6-11-16/h1-6,8-11H,7,12-14H2,(H,19,20). The molecule has 0 unspecified atom stereocenters. The summed E-state index contributed by atoms with van der Waals surface area (Å²) in [5, 5.41) is 12.6. The number of hydrogen-bond donors (Lipinski definition) is 1. The number of anilines is 1. The first-order chi connectivity index (χ1) is 11.9. The van der Waals surface area contributed by atoms with E-state index in [9.17, 15) is 0 Å². The van der Waals surface area contributed by atoms with Crippen molar-refractivity contribution in [2.45, 2.75) is 17.3 Å². The van der Waals surface area contributed by atoms with Gasteiger partial charge in [-0.1, -0.05) is 71.6 Å². The summed E-state index contributed by atoms with van der Waals surface area (Å²) >= 11 is 3.32. The van der Waals surface area contributed by atoms with Gasteiger partial charge >= 0.3 is 0 Å². The van der Waals surface area contributed by atoms with Crippen molar-refractivity contribution in [3.05, 3.63) is 66.2 Å². The van der Waals surface area contributed by atoms with Crippen LogP contribution in [0.3, 0.4) is 0 Å². The largest absolute Gasteiger partial charge is 0.494 e. The lowest BCUT2D eigenvalue weighted by Gasteiger charge is -2.04. The summed E-state index contributed by atoms with van der Waals surface area (Å²) < 4.78 is 6.67. The van der Waals surface area contributed by atoms with Gasteiger partial charge in [0.25, 0.3) is 0 Å². The molecule has 0 spiro atoms. The van der Waals surface area contributed by atoms with Crippen molar-refractivity contribution in [1.82, 2.24) is 10.2 Å². The van der Waals surface area contributed by atoms with Crippen molar-refractivity contribution in [3.63, 3.8) is 0 Å². The van der Waals surface area contributed by atoms with Crippen LogP contribution in [-0.4, -0.2) is 22.6 Å². The molecule has 0 bridgehead atoms. The van der Waals surface area contributed by atoms with E-state index in [0.717, 1.165) is 40.5 Å². The Kier molecular flexibility index (Phi) is 6.51. The molecule has 1 aromatic heterocycles. The average Bonchev–Trinajstić information content (AvgIpc) is 3.09. The van der Waals surface area contributed by atoms with Gasteiger partial charge in [0.05, 0.1) is 6.61 Å². The molecular formula is C18H19N3OS2. The fraction of sp³-hybridized carbons (Fsp3) is 0.222. The molecule has 1 N–H and O–H groups in total. The van der Waals surface area contributed by atoms with Gasteiger partial charge in [0, 0.05) is 12.3 Å². The summed E-state index contributed by atoms with van der Waals surface area (Å²) in [5.74, 6) is 1.89. The summed E-state index contributed by atoms with van der Waals surface area (Å²) in [6, 6.07) is 20.2. The van der Waals surface area contributed by atoms with Gasteiger partial charge < -0.3 is 10.1 Å². The zero-order valence-electron chi connectivity index (χ0n) is 13.2. The third-order valence-corrected chi connectivity index (χ3v) is 5.32. The number of rotatable bonds is 9. The second-order valence-corrected chi connectivity index (χ2v) is 7.40. The fourth-order valence-electron chi connectivity index (χ4n) is 2.04. The second-order valence-electron chi connectivity index (χ2n) is 5.08. The molecule has 24 heavy (non-hydrogen) atoms. The Balaban J connectivity index is 1.34. The van der Waals surface area contributed by atoms with Crippen molar-refractivity contribution >= 4 is 28.2 Å². The van der Waals surface area contributed by atoms with Crippen molar-refractivity contribution in [2.24, 2.45) is 0 Å². The number of para-hydroxylation sites is 1. The van der Waals surface area contributed by atoms with Gasteiger partial charge in [0.15, 0.2) is 4.34 Å². The Morgan fingerprint density at radius 1 is 0.958 bits per heavy atom. The zero-order chi connectivity index (χ0) is 16.5. The van der Waals surface area contributed by atoms with Crippen molar-refractivity contribution < 1.29 is 4.74 Å². The molecule has 0 radical (unpaired) electrons. The first kappa shape index (κ1) is 16.8. The van der Waals surface area contributed by atoms with Crippen LogP contribution in [0.5, 0.6) is 5.75 Å². The van der Waals surface area contributed by atoms with Crippen LogP contribution < -0.4 is 10.1 Å². The molecule has 0 atom stereocenters. The number of thioether (sulfide) groups is 1. The highest BCUT2D eigenvalue weighted by molar-refractivity contribution is 8.01. The normalized spacial score (nSPS) is 10.5. The van der Waals surface area contributed by atoms with E-state index in [-0.39, 0.29) is 0 Å². The first-order valence-corrected chi connectivity index (χ1v) is 9.62. The van der Waals surface area contributed by atoms with Gasteiger partial charge in [-0.05, 0) is 24.1 Å². The number of nitrogens with zero attached hydrogens (tertiary/aromatic N) is 2. The Labute approximate surface area is 150 Å². The van der Waals surface area contributed by atoms with Crippen LogP contribution in [0.4, 0.5) is 5.13 Å². The number of aromatic nitrogens is 2. The molecule has 0 fully saturated rings. The lowest BCUT2D eigenvalue weighted by Crippen LogP contribution is -1.98. The van der Waals surface area contributed by atoms with Crippen molar-refractivity contribution in [1.29, 1.82) is 0 Å². The van der Waals surface area contributed by atoms with E-state index in [1.165, 1.54) is 5.56 Å². The highest BCUT2D eigenvalue weighted by Gasteiger charge is 2.04. The Hall–Kier alpha value is -2.05. The maximum absolute atomic E-state index is 5.68. The molecule has 6 heteroatoms. The minimum Gasteiger partial charge on any atom is -0.494 e. The third-order valence-electron chi connectivity index (χ3n) is 3.22. The molecule has 2 aromatic carbocycles. The van der Waals surface area contributed by atoms with Crippen molar-refractivity contribution in [2.75, 3.05) is 17.7 Å². The summed E-state index contributed by atoms with van der Waals surface area (Å²) in [6.45, 7) is 1.49. The Bertz CT molecular complexity index is 719. The summed E-state index contributed by atoms with van der Waals surface area (Å²) in [5.41, 5.74) is 1.24. The molecule has 0 amide bonds. The van der Waals surface area contributed by atoms with E-state index in [1.54, 1.807) is 23.1 Å². The third kappa shape index (κ3) is 5.54. The van der Waals surface area contributed by atoms with Gasteiger partial charge in [0.2, 0.25) is 5.13 Å². The van der Waals surface area contributed by atoms with E-state index in [2.05, 4.69) is 27.6 Å². The number of benzene rings is 2. The molecule has 0 aliphatic rings. The summed E-state index contributed by atoms with van der Waals surface area (Å²) in [4.78, 5) is 0. The molecule has 3 rings (SSSR count). The number of ether oxygens (including phenoxy) is 1. The Morgan fingerprint density at radius 2 is 1.71 bits per heavy atom. The van der Waals surface area contributed by atoms with E-state index < -0.39 is 0 Å². The molecule has 0 aliphatic heterocycles. The monoisotopic (exact) mass is 357 g/mol. The van der Waals surface area contributed by atoms with E-state index in [4.69, 9.17) is 4.74 Å². The van der Waals surface area contributed by atoms with E-state index in [0.29, 0.717) is 0 Å². The van der Waals surface area contributed by atoms with Gasteiger partial charge in [-0.25, -0.2) is 0 Å². The van der Waals surface area contributed by atoms with E-state index in [1.807, 2.05) is 48.5 Å². The Morgan fingerprint density at radius 3 is 2.50 bits per heavy atom. The maximum Gasteiger partial charge on any atom is 0.206 e. The SMILES string of the molecule is c1ccc(CNc2nnc(SCCCOc3ccccc3)s2)cc1. The summed E-state index contributed by atoms with van der Waals surface area (Å²) in [6.07, 6.45) is 0.978. The fourth-order valence-corrected chi connectivity index (χ4v) is 3.77. The topological polar surface area (TPSA) is 47.0 Å². The van der Waals surface area contributed by atoms with Gasteiger partial charge in [-0.3, -0.25) is 0 Å². The predicted octanol–water partition coefficient (Wildman–Crippen LogP) is 4.71. The number of nitrogens with one attached hydrogen (secondary N) is 1. The van der Waals surface area contributed by atoms with Crippen LogP contribution in [0.15, 0.2) is 65.0 Å². The van der Waals surface area contributed by atoms with Crippen LogP contribution in [0.1, 0.15) is 12.0 Å². The predicted molar refractivity (Wildman–Crippen MR) is 101 cm³/mol. The van der Waals surface area contributed by atoms with Crippen molar-refractivity contribution in [3.8, 4) is 5.75 Å². The van der Waals surface area contributed by atoms with Gasteiger partial charge in [-0.2, -0.15) is 0 Å². The highest BCUT2D eigenvalue weighted by atomic mass is 32.2. The van der Waals surface area contributed by atoms with Crippen LogP contribution >= 0.6 is 23.1 Å². The molecule has 1 heterocycles. The molecule has 0 aliphatic carbocycles. The van der Waals surface area contributed by atoms with Crippen LogP contribution in [-0.2, 0) is 6.54 Å². The van der Waals surface area contributed by atoms with Gasteiger partial charge in [0.1, 0.15) is 5.75 Å². The van der Waals surface area contributed by atoms with E-state index >= 15 is 0 Å². The average molecular weight is 358 g/mol. The van der Waals surface area contributed by atoms with Crippen LogP contribution in [0, 0.1) is 0 Å². The molecule has 124 valence electrons. The van der Waals surface area contributed by atoms with Crippen LogP contribution in [0.2, 0.25) is 0 Å². The second kappa shape index (κ2) is 9.30. The molecule has 3 aromatic rings. The summed E-state index contributed by atoms with van der Waals surface area (Å²) in [7, 11) is 0. The van der Waals surface area contributed by atoms with Gasteiger partial charge in [-0.15, -0.1) is 10.2 Å². The lowest BCUT2D eigenvalue weighted by atomic mass is 10.2. The lowest BCUT2D eigenvalue weighted by molar-refractivity contribution is 0.318. The minimum atomic E-state index is 0.717. The molecular weight excluding hydrogens is 338 g/mol.